The summed E-state index contributed by atoms with van der Waals surface area (Å²) in [4.78, 5) is 133. The standard InChI is InChI=1S/C77H86Cl2FN11O24/c1-31(2)20-44(83-5)69(103)90-60-62(98)35-10-15-48(42(78)22-35)111-50-24-37-25-51(66(50)115-76-67(65(101)64(100)52(30-92)113-76)114-55-29-77(4,82)68(102)32(3)110-55)112-49-16-11-36(23-43(49)79)63(99)61-75(109)89-59(71(105)85-19-18-84-54(97)17-8-33-6-12-38(80)13-7-33)41-26-39(93)27-47(95)56(41)40-21-34(9-14-46(40)94)57(72(106)91-61)88-73(107)58(37)87-70(104)45(28-53(81)96)86-74(60)108/h6-17,21-27,31-32,44-45,52,55,57-65,67-68,76,83,92-95,98-102H,18-20,28-30,82H2,1-5H3,(H2,81,96)(H,84,97)(H,85,105)(H,86,108)(H,87,104)(H,88,107)(H,89,109)(H,90,103)(H,91,106)/b17-8+/t32-,44+,45-,52+,55?,57+,58?,59?,60+,61-,62+,63+,64+,65-,67+,68+,76-,77-/m0/s1. The molecule has 2 fully saturated rings. The van der Waals surface area contributed by atoms with Crippen LogP contribution in [0.2, 0.25) is 10.0 Å². The number of aromatic hydroxyl groups is 3. The molecule has 18 atom stereocenters. The fraction of sp³-hybridized carbons (Fsp3) is 0.390. The molecular formula is C77H86Cl2FN11O24. The fourth-order valence-electron chi connectivity index (χ4n) is 13.8. The molecule has 7 aliphatic heterocycles. The van der Waals surface area contributed by atoms with E-state index in [2.05, 4.69) is 47.9 Å². The van der Waals surface area contributed by atoms with Crippen molar-refractivity contribution in [2.75, 3.05) is 26.7 Å². The second-order valence-electron chi connectivity index (χ2n) is 28.8. The van der Waals surface area contributed by atoms with Gasteiger partial charge in [0.05, 0.1) is 41.3 Å². The Labute approximate surface area is 665 Å². The molecule has 115 heavy (non-hydrogen) atoms. The van der Waals surface area contributed by atoms with Crippen LogP contribution in [0.25, 0.3) is 17.2 Å². The van der Waals surface area contributed by atoms with Crippen molar-refractivity contribution in [3.63, 3.8) is 0 Å². The highest BCUT2D eigenvalue weighted by atomic mass is 35.5. The summed E-state index contributed by atoms with van der Waals surface area (Å²) in [7, 11) is 1.47. The van der Waals surface area contributed by atoms with E-state index in [-0.39, 0.29) is 59.3 Å². The topological polar surface area (TPSA) is 551 Å². The van der Waals surface area contributed by atoms with E-state index in [0.29, 0.717) is 5.56 Å². The van der Waals surface area contributed by atoms with Gasteiger partial charge in [-0.3, -0.25) is 43.2 Å². The van der Waals surface area contributed by atoms with Crippen LogP contribution in [0.4, 0.5) is 4.39 Å². The number of aliphatic hydroxyl groups excluding tert-OH is 6. The normalized spacial score (nSPS) is 27.3. The quantitative estimate of drug-likeness (QED) is 0.0423. The Morgan fingerprint density at radius 2 is 1.32 bits per heavy atom. The van der Waals surface area contributed by atoms with Crippen LogP contribution in [0, 0.1) is 11.7 Å². The van der Waals surface area contributed by atoms with E-state index in [4.69, 9.17) is 63.1 Å². The monoisotopic (exact) mass is 1640 g/mol. The van der Waals surface area contributed by atoms with Gasteiger partial charge in [0, 0.05) is 48.3 Å². The number of likely N-dealkylation sites (N-methyl/N-ethyl adjacent to an activating group) is 1. The smallest absolute Gasteiger partial charge is 0.248 e. The first-order valence-electron chi connectivity index (χ1n) is 36.2. The summed E-state index contributed by atoms with van der Waals surface area (Å²) in [6.07, 6.45) is -16.3. The molecule has 0 radical (unpaired) electrons. The van der Waals surface area contributed by atoms with Crippen LogP contribution in [-0.2, 0) is 57.4 Å². The predicted molar refractivity (Wildman–Crippen MR) is 403 cm³/mol. The highest BCUT2D eigenvalue weighted by molar-refractivity contribution is 6.32. The average Bonchev–Trinajstić information content (AvgIpc) is 0.764. The Morgan fingerprint density at radius 3 is 1.94 bits per heavy atom. The summed E-state index contributed by atoms with van der Waals surface area (Å²) in [6, 6.07) is 4.76. The van der Waals surface area contributed by atoms with Gasteiger partial charge < -0.3 is 134 Å². The summed E-state index contributed by atoms with van der Waals surface area (Å²) in [6.45, 7) is 4.98. The molecular weight excluding hydrogens is 1550 g/mol. The SMILES string of the molecule is CN[C@H](CC(C)C)C(=O)N[C@H]1C(=O)N[C@@H](CC(N)=O)C(=O)NC2C(=O)N[C@H]3C(=O)N[C@H](C(=O)NC(C(=O)NCCNC(=O)/C=C/c4ccc(F)cc4)c4cc(O)cc(O)c4-c4cc3ccc4O)[C@H](O)c3ccc(c(Cl)c3)Oc3cc2cc(c3O[C@@H]2O[C@H](CO)[C@@H](O)[C@H](O)[C@H]2OC2C[C@](C)(N)[C@H](O)[C@H](C)O2)Oc2ccc(cc2Cl)[C@H]1O. The molecule has 2 saturated heterocycles. The van der Waals surface area contributed by atoms with Crippen molar-refractivity contribution in [1.82, 2.24) is 47.9 Å². The number of phenols is 3. The van der Waals surface area contributed by atoms with Gasteiger partial charge in [-0.05, 0) is 139 Å². The number of nitrogens with two attached hydrogens (primary N) is 2. The summed E-state index contributed by atoms with van der Waals surface area (Å²) in [5.41, 5.74) is 8.67. The minimum atomic E-state index is -2.37. The molecule has 0 saturated carbocycles. The Balaban J connectivity index is 1.10. The van der Waals surface area contributed by atoms with Crippen LogP contribution in [0.3, 0.4) is 0 Å². The maximum Gasteiger partial charge on any atom is 0.248 e. The number of nitrogens with one attached hydrogen (secondary N) is 9. The number of phenolic OH excluding ortho intramolecular Hbond substituents is 3. The number of carbonyl (C=O) groups excluding carboxylic acids is 9. The van der Waals surface area contributed by atoms with Crippen molar-refractivity contribution < 1.29 is 122 Å². The minimum Gasteiger partial charge on any atom is -0.508 e. The summed E-state index contributed by atoms with van der Waals surface area (Å²) < 4.78 is 52.1. The van der Waals surface area contributed by atoms with Crippen LogP contribution in [-0.4, -0.2) is 205 Å². The molecule has 614 valence electrons. The Morgan fingerprint density at radius 1 is 0.704 bits per heavy atom. The molecule has 11 bridgehead atoms. The summed E-state index contributed by atoms with van der Waals surface area (Å²) in [5.74, 6) is -16.5. The van der Waals surface area contributed by atoms with Crippen LogP contribution >= 0.6 is 23.2 Å². The van der Waals surface area contributed by atoms with Gasteiger partial charge in [0.25, 0.3) is 0 Å². The van der Waals surface area contributed by atoms with Crippen molar-refractivity contribution in [2.24, 2.45) is 17.4 Å². The number of halogens is 3. The average molecular weight is 1640 g/mol. The van der Waals surface area contributed by atoms with Crippen LogP contribution in [0.15, 0.2) is 109 Å². The van der Waals surface area contributed by atoms with Gasteiger partial charge >= 0.3 is 0 Å². The third-order valence-corrected chi connectivity index (χ3v) is 20.4. The zero-order valence-electron chi connectivity index (χ0n) is 62.0. The van der Waals surface area contributed by atoms with E-state index < -0.39 is 249 Å². The Bertz CT molecular complexity index is 4760. The second kappa shape index (κ2) is 35.9. The molecule has 9 amide bonds. The van der Waals surface area contributed by atoms with Crippen LogP contribution < -0.4 is 73.5 Å². The Kier molecular flexibility index (Phi) is 26.6. The zero-order chi connectivity index (χ0) is 83.3. The largest absolute Gasteiger partial charge is 0.508 e. The number of primary amides is 1. The van der Waals surface area contributed by atoms with E-state index in [0.717, 1.165) is 72.8 Å². The van der Waals surface area contributed by atoms with Crippen molar-refractivity contribution in [3.05, 3.63) is 158 Å². The number of hydrogen-bond donors (Lipinski definition) is 20. The third kappa shape index (κ3) is 19.4. The number of rotatable bonds is 18. The van der Waals surface area contributed by atoms with E-state index >= 15 is 19.2 Å². The number of aliphatic hydroxyl groups is 6. The third-order valence-electron chi connectivity index (χ3n) is 19.8. The van der Waals surface area contributed by atoms with Crippen molar-refractivity contribution >= 4 is 82.4 Å². The molecule has 0 aromatic heterocycles. The molecule has 0 spiro atoms. The maximum atomic E-state index is 16.2. The summed E-state index contributed by atoms with van der Waals surface area (Å²) in [5, 5.41) is 127. The molecule has 38 heteroatoms. The highest BCUT2D eigenvalue weighted by Gasteiger charge is 2.52. The minimum absolute atomic E-state index is 0.112. The Hall–Kier alpha value is -10.8. The second-order valence-corrected chi connectivity index (χ2v) is 29.7. The van der Waals surface area contributed by atoms with Gasteiger partial charge in [-0.15, -0.1) is 0 Å². The number of ether oxygens (including phenoxy) is 6. The lowest BCUT2D eigenvalue weighted by Gasteiger charge is -2.47. The van der Waals surface area contributed by atoms with Crippen molar-refractivity contribution in [2.45, 2.75) is 156 Å². The lowest BCUT2D eigenvalue weighted by atomic mass is 9.86. The number of benzene rings is 6. The van der Waals surface area contributed by atoms with E-state index in [1.807, 2.05) is 13.8 Å². The lowest BCUT2D eigenvalue weighted by Crippen LogP contribution is -2.64. The van der Waals surface area contributed by atoms with Gasteiger partial charge in [-0.2, -0.15) is 0 Å². The lowest BCUT2D eigenvalue weighted by molar-refractivity contribution is -0.333. The van der Waals surface area contributed by atoms with Crippen molar-refractivity contribution in [3.8, 4) is 57.1 Å². The van der Waals surface area contributed by atoms with Gasteiger partial charge in [0.2, 0.25) is 65.2 Å². The van der Waals surface area contributed by atoms with Crippen molar-refractivity contribution in [1.29, 1.82) is 0 Å². The first-order chi connectivity index (χ1) is 54.5. The van der Waals surface area contributed by atoms with Gasteiger partial charge in [0.1, 0.15) is 101 Å². The molecule has 0 aliphatic carbocycles. The first-order valence-corrected chi connectivity index (χ1v) is 37.0. The molecule has 13 rings (SSSR count). The molecule has 7 heterocycles. The molecule has 6 aromatic rings. The fourth-order valence-corrected chi connectivity index (χ4v) is 14.2. The first kappa shape index (κ1) is 85.1. The van der Waals surface area contributed by atoms with Gasteiger partial charge in [-0.1, -0.05) is 67.4 Å². The number of carbonyl (C=O) groups is 9. The maximum absolute atomic E-state index is 16.2. The molecule has 7 aliphatic rings. The van der Waals surface area contributed by atoms with E-state index in [9.17, 15) is 74.3 Å². The van der Waals surface area contributed by atoms with Crippen LogP contribution in [0.5, 0.6) is 46.0 Å². The van der Waals surface area contributed by atoms with Crippen LogP contribution in [0.1, 0.15) is 111 Å². The van der Waals surface area contributed by atoms with Gasteiger partial charge in [0.15, 0.2) is 23.9 Å². The highest BCUT2D eigenvalue weighted by Crippen LogP contribution is 2.50. The molecule has 35 nitrogen and oxygen atoms in total. The van der Waals surface area contributed by atoms with E-state index in [1.54, 1.807) is 0 Å². The number of fused-ring (bicyclic) bond motifs is 15. The molecule has 6 aromatic carbocycles. The number of hydrogen-bond acceptors (Lipinski definition) is 26. The molecule has 22 N–H and O–H groups in total. The van der Waals surface area contributed by atoms with Gasteiger partial charge in [-0.25, -0.2) is 4.39 Å². The van der Waals surface area contributed by atoms with E-state index in [1.165, 1.54) is 63.4 Å². The molecule has 3 unspecified atom stereocenters. The number of amides is 9. The predicted octanol–water partition coefficient (Wildman–Crippen LogP) is 1.11. The zero-order valence-corrected chi connectivity index (χ0v) is 63.6. The summed E-state index contributed by atoms with van der Waals surface area (Å²) >= 11 is 14.3.